The van der Waals surface area contributed by atoms with E-state index in [0.717, 1.165) is 6.42 Å². The molecule has 0 rings (SSSR count). The highest BCUT2D eigenvalue weighted by Gasteiger charge is 2.14. The maximum Gasteiger partial charge on any atom is 0.0840 e. The van der Waals surface area contributed by atoms with Crippen molar-refractivity contribution < 1.29 is 24.2 Å². The molecule has 0 fully saturated rings. The minimum atomic E-state index is -4.19. The molecule has 0 saturated carbocycles. The first-order valence-electron chi connectivity index (χ1n) is 11.1. The summed E-state index contributed by atoms with van der Waals surface area (Å²) in [5.74, 6) is 0. The quantitative estimate of drug-likeness (QED) is 0.226. The van der Waals surface area contributed by atoms with Gasteiger partial charge in [0.2, 0.25) is 0 Å². The lowest BCUT2D eigenvalue weighted by atomic mass is 10.0. The predicted octanol–water partition coefficient (Wildman–Crippen LogP) is 4.36. The fourth-order valence-electron chi connectivity index (χ4n) is 3.19. The van der Waals surface area contributed by atoms with Crippen LogP contribution in [0.25, 0.3) is 0 Å². The van der Waals surface area contributed by atoms with E-state index in [1.165, 1.54) is 90.6 Å². The van der Waals surface area contributed by atoms with E-state index in [2.05, 4.69) is 6.92 Å². The van der Waals surface area contributed by atoms with Crippen molar-refractivity contribution in [3.63, 3.8) is 0 Å². The smallest absolute Gasteiger partial charge is 0.0840 e. The molecule has 0 aromatic rings. The van der Waals surface area contributed by atoms with Crippen LogP contribution in [0.5, 0.6) is 0 Å². The van der Waals surface area contributed by atoms with Crippen molar-refractivity contribution in [2.75, 3.05) is 26.5 Å². The van der Waals surface area contributed by atoms with Gasteiger partial charge in [-0.1, -0.05) is 90.4 Å². The average molecular weight is 408 g/mol. The molecule has 5 nitrogen and oxygen atoms in total. The van der Waals surface area contributed by atoms with Gasteiger partial charge < -0.3 is 19.3 Å². The van der Waals surface area contributed by atoms with Crippen molar-refractivity contribution >= 4 is 7.94 Å². The number of hydrogen-bond acceptors (Lipinski definition) is 5. The first kappa shape index (κ1) is 27.2. The van der Waals surface area contributed by atoms with Crippen molar-refractivity contribution in [2.45, 2.75) is 109 Å². The van der Waals surface area contributed by atoms with Gasteiger partial charge in [-0.3, -0.25) is 4.89 Å². The Morgan fingerprint density at radius 1 is 0.778 bits per heavy atom. The highest BCUT2D eigenvalue weighted by atomic mass is 31.2. The number of ether oxygens (including phenoxy) is 2. The van der Waals surface area contributed by atoms with E-state index in [0.29, 0.717) is 13.2 Å². The second-order valence-corrected chi connectivity index (χ2v) is 9.40. The lowest BCUT2D eigenvalue weighted by Gasteiger charge is -2.29. The summed E-state index contributed by atoms with van der Waals surface area (Å²) >= 11 is 0. The van der Waals surface area contributed by atoms with E-state index in [1.807, 2.05) is 0 Å². The fourth-order valence-corrected chi connectivity index (χ4v) is 3.80. The summed E-state index contributed by atoms with van der Waals surface area (Å²) < 4.78 is 10.7. The Labute approximate surface area is 168 Å². The first-order chi connectivity index (χ1) is 13.0. The second kappa shape index (κ2) is 19.5. The van der Waals surface area contributed by atoms with Crippen LogP contribution in [0, 0.1) is 0 Å². The van der Waals surface area contributed by atoms with Gasteiger partial charge in [0.1, 0.15) is 0 Å². The summed E-state index contributed by atoms with van der Waals surface area (Å²) in [5.41, 5.74) is 0. The van der Waals surface area contributed by atoms with Gasteiger partial charge in [-0.2, -0.15) is 0 Å². The number of unbranched alkanes of at least 4 members (excludes halogenated alkanes) is 13. The Morgan fingerprint density at radius 3 is 1.63 bits per heavy atom. The lowest BCUT2D eigenvalue weighted by molar-refractivity contribution is -0.331. The highest BCUT2D eigenvalue weighted by molar-refractivity contribution is 7.55. The highest BCUT2D eigenvalue weighted by Crippen LogP contribution is 2.34. The van der Waals surface area contributed by atoms with Gasteiger partial charge in [-0.05, 0) is 6.42 Å². The third-order valence-electron chi connectivity index (χ3n) is 5.01. The van der Waals surface area contributed by atoms with E-state index < -0.39 is 7.94 Å². The van der Waals surface area contributed by atoms with Gasteiger partial charge >= 0.3 is 0 Å². The molecular weight excluding hydrogens is 363 g/mol. The van der Waals surface area contributed by atoms with E-state index in [9.17, 15) is 9.79 Å². The largest absolute Gasteiger partial charge is 0.660 e. The molecule has 0 aliphatic carbocycles. The van der Waals surface area contributed by atoms with Crippen LogP contribution < -0.4 is 9.79 Å². The molecule has 0 bridgehead atoms. The molecule has 0 aromatic heterocycles. The molecule has 6 heteroatoms. The Hall–Kier alpha value is 0.230. The van der Waals surface area contributed by atoms with Crippen molar-refractivity contribution in [2.24, 2.45) is 0 Å². The van der Waals surface area contributed by atoms with Crippen molar-refractivity contribution in [1.29, 1.82) is 0 Å². The molecule has 1 atom stereocenters. The van der Waals surface area contributed by atoms with Crippen LogP contribution in [0.4, 0.5) is 0 Å². The van der Waals surface area contributed by atoms with E-state index >= 15 is 0 Å². The van der Waals surface area contributed by atoms with Crippen LogP contribution in [-0.2, 0) is 9.47 Å². The van der Waals surface area contributed by atoms with E-state index in [-0.39, 0.29) is 18.7 Å². The topological polar surface area (TPSA) is 84.8 Å². The Bertz CT molecular complexity index is 297. The molecule has 0 unspecified atom stereocenters. The van der Waals surface area contributed by atoms with Gasteiger partial charge in [-0.15, -0.1) is 0 Å². The molecule has 0 spiro atoms. The molecule has 1 N–H and O–H groups in total. The van der Waals surface area contributed by atoms with Gasteiger partial charge in [0.25, 0.3) is 0 Å². The number of methoxy groups -OCH3 is 1. The van der Waals surface area contributed by atoms with Crippen LogP contribution >= 0.6 is 7.94 Å². The van der Waals surface area contributed by atoms with Crippen LogP contribution in [0.1, 0.15) is 103 Å². The van der Waals surface area contributed by atoms with Crippen molar-refractivity contribution in [3.8, 4) is 0 Å². The Morgan fingerprint density at radius 2 is 1.22 bits per heavy atom. The molecule has 0 saturated heterocycles. The monoisotopic (exact) mass is 407 g/mol. The minimum absolute atomic E-state index is 0.256. The molecule has 0 amide bonds. The number of rotatable bonds is 21. The van der Waals surface area contributed by atoms with Gasteiger partial charge in [0, 0.05) is 28.1 Å². The minimum Gasteiger partial charge on any atom is -0.660 e. The predicted molar refractivity (Wildman–Crippen MR) is 111 cm³/mol. The molecule has 27 heavy (non-hydrogen) atoms. The lowest BCUT2D eigenvalue weighted by Crippen LogP contribution is -2.28. The van der Waals surface area contributed by atoms with Gasteiger partial charge in [0.15, 0.2) is 0 Å². The van der Waals surface area contributed by atoms with Crippen LogP contribution in [0.15, 0.2) is 0 Å². The molecule has 0 radical (unpaired) electrons. The molecule has 0 heterocycles. The molecular formula is C21H44O5P-. The number of hydrogen-bond donors (Lipinski definition) is 1. The Balaban J connectivity index is 3.24. The average Bonchev–Trinajstić information content (AvgIpc) is 2.63. The first-order valence-corrected chi connectivity index (χ1v) is 12.9. The molecule has 0 aromatic carbocycles. The van der Waals surface area contributed by atoms with Crippen molar-refractivity contribution in [1.82, 2.24) is 0 Å². The summed E-state index contributed by atoms with van der Waals surface area (Å²) in [4.78, 5) is 30.3. The molecule has 0 aliphatic heterocycles. The Kier molecular flexibility index (Phi) is 19.7. The van der Waals surface area contributed by atoms with E-state index in [4.69, 9.17) is 14.4 Å². The summed E-state index contributed by atoms with van der Waals surface area (Å²) in [6.07, 6.45) is 18.4. The third-order valence-corrected chi connectivity index (χ3v) is 5.84. The zero-order valence-electron chi connectivity index (χ0n) is 17.8. The van der Waals surface area contributed by atoms with Crippen molar-refractivity contribution in [3.05, 3.63) is 0 Å². The normalized spacial score (nSPS) is 13.2. The standard InChI is InChI=1S/C21H45O5P/c1-3-4-5-6-7-8-9-10-11-12-13-14-15-16-18-26-20-21(25-2)17-19-27(22,23)24/h21H,3-20H2,1-2H3,(H2,22,23,24)/p-1/t21-/m0/s1. The van der Waals surface area contributed by atoms with Gasteiger partial charge in [-0.25, -0.2) is 0 Å². The SMILES string of the molecule is CCCCCCCCCCCCCCCCOC[C@H](CC[P+]([O-])([O-])O)OC. The van der Waals surface area contributed by atoms with Crippen LogP contribution in [-0.4, -0.2) is 37.5 Å². The maximum absolute atomic E-state index is 10.8. The summed E-state index contributed by atoms with van der Waals surface area (Å²) in [5, 5.41) is 0. The summed E-state index contributed by atoms with van der Waals surface area (Å²) in [7, 11) is -2.66. The molecule has 0 aliphatic rings. The summed E-state index contributed by atoms with van der Waals surface area (Å²) in [6, 6.07) is 0. The zero-order valence-corrected chi connectivity index (χ0v) is 18.7. The van der Waals surface area contributed by atoms with E-state index in [1.54, 1.807) is 0 Å². The second-order valence-electron chi connectivity index (χ2n) is 7.68. The molecule has 164 valence electrons. The maximum atomic E-state index is 10.8. The summed E-state index contributed by atoms with van der Waals surface area (Å²) in [6.45, 7) is 3.34. The fraction of sp³-hybridized carbons (Fsp3) is 1.00. The van der Waals surface area contributed by atoms with Crippen LogP contribution in [0.3, 0.4) is 0 Å². The third kappa shape index (κ3) is 22.4. The zero-order chi connectivity index (χ0) is 20.2. The van der Waals surface area contributed by atoms with Gasteiger partial charge in [0.05, 0.1) is 18.9 Å². The van der Waals surface area contributed by atoms with Crippen LogP contribution in [0.2, 0.25) is 0 Å².